The molecular weight excluding hydrogens is 1110 g/mol. The summed E-state index contributed by atoms with van der Waals surface area (Å²) >= 11 is 0. The summed E-state index contributed by atoms with van der Waals surface area (Å²) in [5.74, 6) is 3.68. The Morgan fingerprint density at radius 1 is 0.471 bits per heavy atom. The van der Waals surface area contributed by atoms with Crippen molar-refractivity contribution in [2.45, 2.75) is 13.3 Å². The smallest absolute Gasteiger partial charge is 0.144 e. The quantitative estimate of drug-likeness (QED) is 0.0252. The second kappa shape index (κ2) is 39.1. The van der Waals surface area contributed by atoms with Crippen LogP contribution >= 0.6 is 0 Å². The van der Waals surface area contributed by atoms with E-state index in [1.165, 1.54) is 0 Å². The fraction of sp³-hybridized carbons (Fsp3) is 0.446. The lowest BCUT2D eigenvalue weighted by Gasteiger charge is -2.35. The molecule has 2 saturated heterocycles. The molecule has 0 bridgehead atoms. The fourth-order valence-corrected chi connectivity index (χ4v) is 9.13. The number of piperazine rings is 2. The van der Waals surface area contributed by atoms with Crippen LogP contribution in [0.2, 0.25) is 0 Å². The van der Waals surface area contributed by atoms with Gasteiger partial charge >= 0.3 is 0 Å². The van der Waals surface area contributed by atoms with Crippen LogP contribution in [0, 0.1) is 22.7 Å². The van der Waals surface area contributed by atoms with Crippen LogP contribution in [-0.4, -0.2) is 215 Å². The van der Waals surface area contributed by atoms with Crippen LogP contribution in [0.1, 0.15) is 24.5 Å². The van der Waals surface area contributed by atoms with Crippen LogP contribution in [0.3, 0.4) is 0 Å². The molecule has 2 aromatic heterocycles. The first-order chi connectivity index (χ1) is 42.6. The maximum absolute atomic E-state index is 10.6. The summed E-state index contributed by atoms with van der Waals surface area (Å²) in [6, 6.07) is 34.3. The van der Waals surface area contributed by atoms with E-state index < -0.39 is 0 Å². The summed E-state index contributed by atoms with van der Waals surface area (Å²) in [6.45, 7) is 16.2. The summed E-state index contributed by atoms with van der Waals surface area (Å²) < 4.78 is 49.0. The van der Waals surface area contributed by atoms with Crippen molar-refractivity contribution in [2.75, 3.05) is 200 Å². The summed E-state index contributed by atoms with van der Waals surface area (Å²) in [5.41, 5.74) is 8.01. The number of nitrogens with one attached hydrogen (secondary N) is 2. The first-order valence-electron chi connectivity index (χ1n) is 29.4. The number of aliphatic hydroxyl groups excluding tert-OH is 2. The molecule has 2 fully saturated rings. The van der Waals surface area contributed by atoms with Gasteiger partial charge < -0.3 is 88.2 Å². The minimum atomic E-state index is 0.0114. The number of hydrogen-bond acceptors (Lipinski definition) is 22. The standard InChI is InChI=1S/C32H41N5O6.C24H25N5O2.C9H20O4/c1-36-9-11-37(12-10-36)29-5-4-27(23-31(29)43-20-19-42-18-17-41-16-15-40-14-13-38)35-32-22-26(7-8-34-32)28-21-25(24-33)3-6-30(28)39-2;1-28-9-11-29(12-10-28)21-5-4-19(15-22(21)30)27-24-14-18(7-8-26-24)20-13-17(16-25)3-6-23(20)31-2;1-2-4-11-6-8-13-9-7-12-5-3-10/h3-8,21-23,38H,9-20H2,1-2H3,(H,34,35);3-8,13-15,30H,9-12H2,1-2H3,(H,26,27);10H,2-9H2,1H3. The zero-order valence-corrected chi connectivity index (χ0v) is 51.0. The molecule has 87 heavy (non-hydrogen) atoms. The van der Waals surface area contributed by atoms with Crippen molar-refractivity contribution in [3.05, 3.63) is 121 Å². The monoisotopic (exact) mass is 1200 g/mol. The van der Waals surface area contributed by atoms with Crippen LogP contribution in [0.25, 0.3) is 22.3 Å². The van der Waals surface area contributed by atoms with E-state index >= 15 is 0 Å². The van der Waals surface area contributed by atoms with Crippen LogP contribution in [0.15, 0.2) is 109 Å². The minimum Gasteiger partial charge on any atom is -0.506 e. The van der Waals surface area contributed by atoms with Gasteiger partial charge in [-0.15, -0.1) is 0 Å². The number of aromatic nitrogens is 2. The van der Waals surface area contributed by atoms with Gasteiger partial charge in [0.05, 0.1) is 135 Å². The number of aliphatic hydroxyl groups is 2. The third-order valence-electron chi connectivity index (χ3n) is 13.8. The number of phenols is 1. The lowest BCUT2D eigenvalue weighted by molar-refractivity contribution is 0.00363. The van der Waals surface area contributed by atoms with Gasteiger partial charge in [-0.3, -0.25) is 0 Å². The Bertz CT molecular complexity index is 3030. The normalized spacial score (nSPS) is 13.3. The number of phenolic OH excluding ortho intramolecular Hbond substituents is 1. The van der Waals surface area contributed by atoms with Crippen molar-refractivity contribution in [3.8, 4) is 57.4 Å². The molecule has 0 atom stereocenters. The first kappa shape index (κ1) is 68.3. The van der Waals surface area contributed by atoms with E-state index in [1.54, 1.807) is 63.0 Å². The van der Waals surface area contributed by atoms with Gasteiger partial charge in [0, 0.05) is 106 Å². The molecule has 22 heteroatoms. The Morgan fingerprint density at radius 2 is 0.885 bits per heavy atom. The van der Waals surface area contributed by atoms with Crippen LogP contribution in [-0.2, 0) is 28.4 Å². The van der Waals surface area contributed by atoms with Crippen molar-refractivity contribution in [2.24, 2.45) is 0 Å². The number of anilines is 6. The molecule has 6 aromatic rings. The highest BCUT2D eigenvalue weighted by Gasteiger charge is 2.20. The summed E-state index contributed by atoms with van der Waals surface area (Å²) in [7, 11) is 7.47. The maximum Gasteiger partial charge on any atom is 0.144 e. The molecule has 0 aliphatic carbocycles. The Balaban J connectivity index is 0.000000239. The summed E-state index contributed by atoms with van der Waals surface area (Å²) in [5, 5.41) is 52.9. The molecule has 4 aromatic carbocycles. The SMILES string of the molecule is CCCOCCOCCOCCO.COc1ccc(C#N)cc1-c1ccnc(Nc2ccc(N3CCN(C)CC3)c(O)c2)c1.COc1ccc(C#N)cc1-c1ccnc(Nc2ccc(N3CCN(C)CC3)c(OCCOCCOCCOCCO)c2)c1. The van der Waals surface area contributed by atoms with Crippen LogP contribution in [0.4, 0.5) is 34.4 Å². The number of likely N-dealkylation sites (N-methyl/N-ethyl adjacent to an activating group) is 2. The largest absolute Gasteiger partial charge is 0.506 e. The zero-order valence-electron chi connectivity index (χ0n) is 51.0. The highest BCUT2D eigenvalue weighted by Crippen LogP contribution is 2.37. The minimum absolute atomic E-state index is 0.0114. The van der Waals surface area contributed by atoms with Gasteiger partial charge in [0.15, 0.2) is 0 Å². The number of hydrogen-bond donors (Lipinski definition) is 5. The Labute approximate surface area is 512 Å². The maximum atomic E-state index is 10.6. The lowest BCUT2D eigenvalue weighted by atomic mass is 10.0. The third-order valence-corrected chi connectivity index (χ3v) is 13.8. The van der Waals surface area contributed by atoms with Crippen molar-refractivity contribution >= 4 is 34.4 Å². The van der Waals surface area contributed by atoms with Crippen molar-refractivity contribution in [1.82, 2.24) is 19.8 Å². The predicted molar refractivity (Wildman–Crippen MR) is 337 cm³/mol. The number of benzene rings is 4. The van der Waals surface area contributed by atoms with E-state index in [-0.39, 0.29) is 19.0 Å². The van der Waals surface area contributed by atoms with Gasteiger partial charge in [0.2, 0.25) is 0 Å². The topological polar surface area (TPSA) is 254 Å². The van der Waals surface area contributed by atoms with Crippen LogP contribution in [0.5, 0.6) is 23.0 Å². The predicted octanol–water partition coefficient (Wildman–Crippen LogP) is 7.81. The highest BCUT2D eigenvalue weighted by atomic mass is 16.6. The molecule has 2 aliphatic rings. The molecule has 0 radical (unpaired) electrons. The molecule has 0 amide bonds. The van der Waals surface area contributed by atoms with E-state index in [0.717, 1.165) is 116 Å². The van der Waals surface area contributed by atoms with Crippen molar-refractivity contribution < 1.29 is 58.0 Å². The van der Waals surface area contributed by atoms with E-state index in [9.17, 15) is 15.6 Å². The van der Waals surface area contributed by atoms with Crippen molar-refractivity contribution in [3.63, 3.8) is 0 Å². The average Bonchev–Trinajstić information content (AvgIpc) is 2.95. The molecule has 8 rings (SSSR count). The number of pyridine rings is 2. The van der Waals surface area contributed by atoms with Gasteiger partial charge in [-0.1, -0.05) is 6.92 Å². The van der Waals surface area contributed by atoms with Gasteiger partial charge in [-0.2, -0.15) is 10.5 Å². The number of methoxy groups -OCH3 is 2. The summed E-state index contributed by atoms with van der Waals surface area (Å²) in [4.78, 5) is 18.1. The van der Waals surface area contributed by atoms with Crippen LogP contribution < -0.4 is 34.6 Å². The highest BCUT2D eigenvalue weighted by molar-refractivity contribution is 5.77. The van der Waals surface area contributed by atoms with E-state index in [2.05, 4.69) is 79.4 Å². The number of rotatable bonds is 32. The summed E-state index contributed by atoms with van der Waals surface area (Å²) in [6.07, 6.45) is 4.48. The van der Waals surface area contributed by atoms with Gasteiger partial charge in [0.1, 0.15) is 41.2 Å². The van der Waals surface area contributed by atoms with E-state index in [1.807, 2.05) is 54.6 Å². The molecule has 2 aliphatic heterocycles. The van der Waals surface area contributed by atoms with Crippen molar-refractivity contribution in [1.29, 1.82) is 10.5 Å². The number of nitrogens with zero attached hydrogens (tertiary/aromatic N) is 8. The molecular formula is C65H86N10O12. The van der Waals surface area contributed by atoms with E-state index in [0.29, 0.717) is 114 Å². The molecule has 468 valence electrons. The Morgan fingerprint density at radius 3 is 1.31 bits per heavy atom. The molecule has 22 nitrogen and oxygen atoms in total. The zero-order chi connectivity index (χ0) is 61.9. The average molecular weight is 1200 g/mol. The molecule has 0 spiro atoms. The number of nitriles is 2. The molecule has 0 unspecified atom stereocenters. The molecule has 5 N–H and O–H groups in total. The lowest BCUT2D eigenvalue weighted by Crippen LogP contribution is -2.44. The molecule has 4 heterocycles. The van der Waals surface area contributed by atoms with Gasteiger partial charge in [-0.25, -0.2) is 9.97 Å². The first-order valence-corrected chi connectivity index (χ1v) is 29.4. The second-order valence-corrected chi connectivity index (χ2v) is 20.1. The number of ether oxygens (including phenoxy) is 9. The van der Waals surface area contributed by atoms with E-state index in [4.69, 9.17) is 52.8 Å². The third kappa shape index (κ3) is 23.4. The Kier molecular flexibility index (Phi) is 30.6. The Hall–Kier alpha value is -7.84. The van der Waals surface area contributed by atoms with Gasteiger partial charge in [-0.05, 0) is 117 Å². The fourth-order valence-electron chi connectivity index (χ4n) is 9.13. The van der Waals surface area contributed by atoms with Gasteiger partial charge in [0.25, 0.3) is 0 Å². The number of aromatic hydroxyl groups is 1. The molecule has 0 saturated carbocycles. The second-order valence-electron chi connectivity index (χ2n) is 20.1.